The SMILES string of the molecule is CC(NS)c1cn(CC(C)(C)C)c2cc(-c3c(F)cccc3C(F)(F)F)ccc12. The average molecular weight is 425 g/mol. The summed E-state index contributed by atoms with van der Waals surface area (Å²) < 4.78 is 59.9. The van der Waals surface area contributed by atoms with Gasteiger partial charge in [0.2, 0.25) is 0 Å². The van der Waals surface area contributed by atoms with Crippen molar-refractivity contribution in [2.75, 3.05) is 0 Å². The summed E-state index contributed by atoms with van der Waals surface area (Å²) >= 11 is 4.15. The monoisotopic (exact) mass is 424 g/mol. The molecule has 7 heteroatoms. The van der Waals surface area contributed by atoms with Gasteiger partial charge in [0.05, 0.1) is 5.56 Å². The molecule has 0 saturated heterocycles. The fraction of sp³-hybridized carbons (Fsp3) is 0.364. The van der Waals surface area contributed by atoms with E-state index in [1.54, 1.807) is 18.2 Å². The zero-order valence-corrected chi connectivity index (χ0v) is 17.6. The Morgan fingerprint density at radius 1 is 1.10 bits per heavy atom. The van der Waals surface area contributed by atoms with Crippen molar-refractivity contribution in [1.29, 1.82) is 0 Å². The highest BCUT2D eigenvalue weighted by Gasteiger charge is 2.35. The summed E-state index contributed by atoms with van der Waals surface area (Å²) in [5.74, 6) is -0.890. The molecule has 3 aromatic rings. The minimum absolute atomic E-state index is 0.0496. The van der Waals surface area contributed by atoms with Crippen molar-refractivity contribution >= 4 is 23.7 Å². The van der Waals surface area contributed by atoms with Crippen LogP contribution in [0.25, 0.3) is 22.0 Å². The molecular weight excluding hydrogens is 400 g/mol. The highest BCUT2D eigenvalue weighted by atomic mass is 32.1. The van der Waals surface area contributed by atoms with Crippen molar-refractivity contribution in [3.63, 3.8) is 0 Å². The van der Waals surface area contributed by atoms with Crippen LogP contribution in [-0.2, 0) is 12.7 Å². The molecule has 0 spiro atoms. The van der Waals surface area contributed by atoms with Crippen LogP contribution in [0.2, 0.25) is 0 Å². The number of hydrogen-bond acceptors (Lipinski definition) is 2. The number of aromatic nitrogens is 1. The molecule has 0 radical (unpaired) electrons. The van der Waals surface area contributed by atoms with E-state index in [1.807, 2.05) is 17.7 Å². The lowest BCUT2D eigenvalue weighted by Crippen LogP contribution is -2.15. The van der Waals surface area contributed by atoms with Gasteiger partial charge in [0.25, 0.3) is 0 Å². The summed E-state index contributed by atoms with van der Waals surface area (Å²) in [4.78, 5) is 0. The lowest BCUT2D eigenvalue weighted by molar-refractivity contribution is -0.137. The van der Waals surface area contributed by atoms with E-state index in [4.69, 9.17) is 0 Å². The molecule has 0 bridgehead atoms. The first kappa shape index (κ1) is 21.7. The van der Waals surface area contributed by atoms with Gasteiger partial charge in [0, 0.05) is 35.2 Å². The number of rotatable bonds is 4. The van der Waals surface area contributed by atoms with Gasteiger partial charge in [-0.2, -0.15) is 13.2 Å². The first-order valence-corrected chi connectivity index (χ1v) is 9.75. The third kappa shape index (κ3) is 4.46. The molecule has 1 atom stereocenters. The largest absolute Gasteiger partial charge is 0.417 e. The van der Waals surface area contributed by atoms with Crippen LogP contribution in [0.15, 0.2) is 42.6 Å². The number of thiol groups is 1. The first-order valence-electron chi connectivity index (χ1n) is 9.31. The molecule has 2 aromatic carbocycles. The molecule has 0 aliphatic rings. The molecule has 3 rings (SSSR count). The maximum Gasteiger partial charge on any atom is 0.417 e. The molecule has 2 nitrogen and oxygen atoms in total. The summed E-state index contributed by atoms with van der Waals surface area (Å²) in [6.45, 7) is 8.87. The highest BCUT2D eigenvalue weighted by Crippen LogP contribution is 2.40. The number of nitrogens with zero attached hydrogens (tertiary/aromatic N) is 1. The average Bonchev–Trinajstić information content (AvgIpc) is 2.96. The Labute approximate surface area is 173 Å². The Morgan fingerprint density at radius 2 is 1.79 bits per heavy atom. The second-order valence-electron chi connectivity index (χ2n) is 8.52. The molecule has 0 saturated carbocycles. The molecule has 1 heterocycles. The first-order chi connectivity index (χ1) is 13.4. The standard InChI is InChI=1S/C22H24F4N2S/c1-13(27-29)16-11-28(12-21(2,3)4)19-10-14(8-9-15(16)19)20-17(22(24,25)26)6-5-7-18(20)23/h5-11,13,27,29H,12H2,1-4H3. The van der Waals surface area contributed by atoms with Gasteiger partial charge in [0.1, 0.15) is 5.82 Å². The van der Waals surface area contributed by atoms with Crippen molar-refractivity contribution in [3.05, 3.63) is 59.5 Å². The molecule has 1 unspecified atom stereocenters. The maximum atomic E-state index is 14.5. The van der Waals surface area contributed by atoms with E-state index >= 15 is 0 Å². The Bertz CT molecular complexity index is 1030. The van der Waals surface area contributed by atoms with Gasteiger partial charge in [-0.05, 0) is 41.7 Å². The molecule has 0 fully saturated rings. The predicted octanol–water partition coefficient (Wildman–Crippen LogP) is 7.01. The molecule has 0 amide bonds. The fourth-order valence-electron chi connectivity index (χ4n) is 3.59. The maximum absolute atomic E-state index is 14.5. The van der Waals surface area contributed by atoms with E-state index in [0.717, 1.165) is 34.7 Å². The van der Waals surface area contributed by atoms with Crippen LogP contribution in [0.5, 0.6) is 0 Å². The molecule has 1 aromatic heterocycles. The number of fused-ring (bicyclic) bond motifs is 1. The number of alkyl halides is 3. The van der Waals surface area contributed by atoms with Gasteiger partial charge in [-0.1, -0.05) is 51.8 Å². The normalized spacial score (nSPS) is 13.8. The van der Waals surface area contributed by atoms with Crippen LogP contribution < -0.4 is 4.72 Å². The van der Waals surface area contributed by atoms with Gasteiger partial charge in [-0.3, -0.25) is 4.72 Å². The highest BCUT2D eigenvalue weighted by molar-refractivity contribution is 7.78. The van der Waals surface area contributed by atoms with Crippen LogP contribution in [0.1, 0.15) is 44.9 Å². The summed E-state index contributed by atoms with van der Waals surface area (Å²) in [6.07, 6.45) is -2.66. The molecule has 0 aliphatic carbocycles. The Morgan fingerprint density at radius 3 is 2.38 bits per heavy atom. The zero-order valence-electron chi connectivity index (χ0n) is 16.7. The topological polar surface area (TPSA) is 17.0 Å². The van der Waals surface area contributed by atoms with Crippen molar-refractivity contribution in [1.82, 2.24) is 9.29 Å². The number of benzene rings is 2. The van der Waals surface area contributed by atoms with Crippen molar-refractivity contribution in [2.24, 2.45) is 5.41 Å². The lowest BCUT2D eigenvalue weighted by Gasteiger charge is -2.20. The van der Waals surface area contributed by atoms with Gasteiger partial charge < -0.3 is 4.57 Å². The third-order valence-electron chi connectivity index (χ3n) is 4.83. The van der Waals surface area contributed by atoms with Gasteiger partial charge >= 0.3 is 6.18 Å². The van der Waals surface area contributed by atoms with Crippen LogP contribution in [0.4, 0.5) is 17.6 Å². The Hall–Kier alpha value is -1.99. The summed E-state index contributed by atoms with van der Waals surface area (Å²) in [5, 5.41) is 0.900. The molecule has 1 N–H and O–H groups in total. The number of hydrogen-bond donors (Lipinski definition) is 2. The van der Waals surface area contributed by atoms with E-state index in [-0.39, 0.29) is 17.0 Å². The van der Waals surface area contributed by atoms with Gasteiger partial charge in [0.15, 0.2) is 0 Å². The summed E-state index contributed by atoms with van der Waals surface area (Å²) in [6, 6.07) is 7.94. The molecule has 0 aliphatic heterocycles. The van der Waals surface area contributed by atoms with Crippen LogP contribution in [0.3, 0.4) is 0 Å². The quantitative estimate of drug-likeness (QED) is 0.340. The molecule has 156 valence electrons. The lowest BCUT2D eigenvalue weighted by atomic mass is 9.96. The second kappa shape index (κ2) is 7.69. The predicted molar refractivity (Wildman–Crippen MR) is 112 cm³/mol. The van der Waals surface area contributed by atoms with Gasteiger partial charge in [-0.25, -0.2) is 4.39 Å². The van der Waals surface area contributed by atoms with Crippen molar-refractivity contribution in [2.45, 2.75) is 46.5 Å². The minimum Gasteiger partial charge on any atom is -0.347 e. The van der Waals surface area contributed by atoms with E-state index in [9.17, 15) is 17.6 Å². The van der Waals surface area contributed by atoms with E-state index in [0.29, 0.717) is 6.54 Å². The Kier molecular flexibility index (Phi) is 5.75. The van der Waals surface area contributed by atoms with E-state index in [2.05, 4.69) is 38.3 Å². The second-order valence-corrected chi connectivity index (χ2v) is 8.77. The fourth-order valence-corrected chi connectivity index (χ4v) is 3.73. The third-order valence-corrected chi connectivity index (χ3v) is 5.21. The van der Waals surface area contributed by atoms with Crippen molar-refractivity contribution in [3.8, 4) is 11.1 Å². The van der Waals surface area contributed by atoms with E-state index < -0.39 is 23.1 Å². The van der Waals surface area contributed by atoms with Crippen LogP contribution in [0, 0.1) is 11.2 Å². The molecule has 29 heavy (non-hydrogen) atoms. The minimum atomic E-state index is -4.64. The zero-order chi connectivity index (χ0) is 21.6. The smallest absolute Gasteiger partial charge is 0.347 e. The van der Waals surface area contributed by atoms with Crippen LogP contribution in [-0.4, -0.2) is 4.57 Å². The number of halogens is 4. The van der Waals surface area contributed by atoms with Crippen LogP contribution >= 0.6 is 12.8 Å². The van der Waals surface area contributed by atoms with Crippen molar-refractivity contribution < 1.29 is 17.6 Å². The summed E-state index contributed by atoms with van der Waals surface area (Å²) in [7, 11) is 0. The molecular formula is C22H24F4N2S. The van der Waals surface area contributed by atoms with Gasteiger partial charge in [-0.15, -0.1) is 0 Å². The van der Waals surface area contributed by atoms with E-state index in [1.165, 1.54) is 0 Å². The number of nitrogens with one attached hydrogen (secondary N) is 1. The summed E-state index contributed by atoms with van der Waals surface area (Å²) in [5.41, 5.74) is 0.499. The Balaban J connectivity index is 2.27.